The van der Waals surface area contributed by atoms with Crippen molar-refractivity contribution in [1.82, 2.24) is 43.4 Å². The van der Waals surface area contributed by atoms with Gasteiger partial charge >= 0.3 is 35.6 Å². The van der Waals surface area contributed by atoms with Crippen LogP contribution < -0.4 is 49.0 Å². The van der Waals surface area contributed by atoms with Crippen molar-refractivity contribution in [3.05, 3.63) is 192 Å². The normalized spacial score (nSPS) is 19.2. The summed E-state index contributed by atoms with van der Waals surface area (Å²) in [5.41, 5.74) is 13.1. The molecule has 3 amide bonds. The average Bonchev–Trinajstić information content (AvgIpc) is 1.27. The van der Waals surface area contributed by atoms with E-state index in [-0.39, 0.29) is 206 Å². The lowest BCUT2D eigenvalue weighted by Gasteiger charge is -2.44. The monoisotopic (exact) mass is 1710 g/mol. The molecule has 6 N–H and O–H groups in total. The minimum absolute atomic E-state index is 0.0175. The van der Waals surface area contributed by atoms with Crippen LogP contribution >= 0.6 is 58.5 Å². The Morgan fingerprint density at radius 2 is 0.802 bits per heavy atom. The smallest absolute Gasteiger partial charge is 0.352 e. The lowest BCUT2D eigenvalue weighted by atomic mass is 9.95. The van der Waals surface area contributed by atoms with Crippen LogP contribution in [0.15, 0.2) is 140 Å². The molecule has 39 heteroatoms. The summed E-state index contributed by atoms with van der Waals surface area (Å²) < 4.78 is 192. The number of aromatic nitrogens is 6. The Labute approximate surface area is 674 Å². The zero-order valence-electron chi connectivity index (χ0n) is 61.4. The quantitative estimate of drug-likeness (QED) is 0.0690. The van der Waals surface area contributed by atoms with Gasteiger partial charge in [-0.25, -0.2) is 31.9 Å². The Morgan fingerprint density at radius 1 is 0.448 bits per heavy atom. The fourth-order valence-corrected chi connectivity index (χ4v) is 19.3. The van der Waals surface area contributed by atoms with Gasteiger partial charge in [-0.05, 0) is 91.7 Å². The minimum Gasteiger partial charge on any atom is -0.352 e. The number of hydrogen-bond donors (Lipinski definition) is 3. The van der Waals surface area contributed by atoms with Gasteiger partial charge in [0.2, 0.25) is 17.7 Å². The van der Waals surface area contributed by atoms with E-state index in [1.165, 1.54) is 55.0 Å². The number of benzene rings is 6. The third-order valence-electron chi connectivity index (χ3n) is 20.5. The van der Waals surface area contributed by atoms with E-state index in [0.29, 0.717) is 24.7 Å². The fraction of sp³-hybridized carbons (Fsp3) is 0.338. The molecule has 3 saturated heterocycles. The summed E-state index contributed by atoms with van der Waals surface area (Å²) in [6.07, 6.45) is -10.9. The van der Waals surface area contributed by atoms with Crippen LogP contribution in [-0.4, -0.2) is 174 Å². The largest absolute Gasteiger partial charge is 0.417 e. The number of hydrogen-bond acceptors (Lipinski definition) is 18. The molecule has 6 aromatic carbocycles. The van der Waals surface area contributed by atoms with Crippen molar-refractivity contribution in [2.75, 3.05) is 97.4 Å². The van der Waals surface area contributed by atoms with Crippen molar-refractivity contribution in [2.45, 2.75) is 96.9 Å². The Morgan fingerprint density at radius 3 is 1.18 bits per heavy atom. The third-order valence-corrected chi connectivity index (χ3v) is 24.9. The van der Waals surface area contributed by atoms with E-state index in [1.807, 2.05) is 13.8 Å². The molecule has 116 heavy (non-hydrogen) atoms. The van der Waals surface area contributed by atoms with Gasteiger partial charge in [-0.2, -0.15) is 54.5 Å². The number of nitrogens with two attached hydrogens (primary N) is 3. The SMILES string of the molecule is C=CC(=O)N1CCN(c2nc(=O)n3c4c(c(-c5cc(Cl)c(F)cc5F)c(C(F)(F)F)cc24)SCC(N)C3)CC1.C=CC(=O)N1CCN(c2nc(=O)n3c4c(c(-c5ccc(F)c(Cl)c5)c(C(F)(F)F)cc24)SCC(N)C3)CC1.C=CC(=O)N1[C@H](C)CN(c2nc(=O)n3c4c(c(-c5ccc(F)cc5)c(C(F)(F)F)cc24)SCC(N)C3)C[C@@H]1C. The summed E-state index contributed by atoms with van der Waals surface area (Å²) in [7, 11) is 0. The van der Waals surface area contributed by atoms with Crippen LogP contribution in [0.4, 0.5) is 74.5 Å². The number of carbonyl (C=O) groups excluding carboxylic acids is 3. The zero-order chi connectivity index (χ0) is 83.8. The number of amides is 3. The molecule has 9 aromatic rings. The van der Waals surface area contributed by atoms with Gasteiger partial charge in [0.15, 0.2) is 0 Å². The summed E-state index contributed by atoms with van der Waals surface area (Å²) in [6, 6.07) is 10.1. The molecule has 0 spiro atoms. The Balaban J connectivity index is 0.000000151. The molecule has 0 bridgehead atoms. The highest BCUT2D eigenvalue weighted by atomic mass is 35.5. The van der Waals surface area contributed by atoms with Gasteiger partial charge in [0.05, 0.1) is 43.3 Å². The predicted molar refractivity (Wildman–Crippen MR) is 421 cm³/mol. The predicted octanol–water partition coefficient (Wildman–Crippen LogP) is 12.7. The summed E-state index contributed by atoms with van der Waals surface area (Å²) in [5.74, 6) is -3.58. The van der Waals surface area contributed by atoms with Gasteiger partial charge in [0, 0.05) is 192 Å². The van der Waals surface area contributed by atoms with E-state index in [0.717, 1.165) is 83.8 Å². The first-order valence-electron chi connectivity index (χ1n) is 35.9. The molecule has 0 aliphatic carbocycles. The van der Waals surface area contributed by atoms with Gasteiger partial charge in [0.1, 0.15) is 40.7 Å². The number of rotatable bonds is 9. The molecule has 6 aliphatic rings. The number of nitrogens with zero attached hydrogens (tertiary/aromatic N) is 12. The molecule has 6 aliphatic heterocycles. The second kappa shape index (κ2) is 33.0. The summed E-state index contributed by atoms with van der Waals surface area (Å²) in [6.45, 7) is 16.8. The number of alkyl halides is 9. The van der Waals surface area contributed by atoms with Crippen LogP contribution in [-0.2, 0) is 52.5 Å². The number of thioether (sulfide) groups is 3. The van der Waals surface area contributed by atoms with Crippen LogP contribution in [0.3, 0.4) is 0 Å². The topological polar surface area (TPSA) is 253 Å². The number of halogens is 15. The fourth-order valence-electron chi connectivity index (χ4n) is 15.3. The maximum atomic E-state index is 15.0. The van der Waals surface area contributed by atoms with E-state index in [4.69, 9.17) is 40.4 Å². The Bertz CT molecular complexity index is 5690. The van der Waals surface area contributed by atoms with E-state index >= 15 is 4.39 Å². The maximum absolute atomic E-state index is 15.0. The number of piperazine rings is 3. The van der Waals surface area contributed by atoms with Crippen molar-refractivity contribution in [3.8, 4) is 33.4 Å². The lowest BCUT2D eigenvalue weighted by molar-refractivity contribution is -0.137. The van der Waals surface area contributed by atoms with Crippen molar-refractivity contribution < 1.29 is 71.5 Å². The molecule has 5 atom stereocenters. The van der Waals surface area contributed by atoms with E-state index in [1.54, 1.807) is 24.5 Å². The average molecular weight is 1720 g/mol. The minimum atomic E-state index is -4.96. The molecule has 9 heterocycles. The van der Waals surface area contributed by atoms with E-state index in [2.05, 4.69) is 34.7 Å². The standard InChI is InChI=1S/C27H27F4N5O2S.C25H21ClF5N5O2S.C25H22ClF4N5O2S/c1-4-21(37)36-14(2)10-34(11-15(36)3)25-19-9-20(27(29,30)31)22(16-5-7-17(28)8-6-16)24-23(19)35(26(38)33-25)12-18(32)13-39-24;1-2-19(37)34-3-5-35(6-4-34)23-14-7-15(25(29,30)31)20(13-8-16(26)18(28)9-17(13)27)22-21(14)36(24(38)33-23)10-12(32)11-39-22;1-2-19(36)33-5-7-34(8-6-33)23-15-10-16(25(28,29)30)20(13-3-4-18(27)17(26)9-13)22-21(15)35(24(37)32-23)11-14(31)12-38-22/h4-9,14-15,18H,1,10-13,32H2,2-3H3;2,7-9,12H,1,3-6,10-11,32H2;2-4,9-10,14H,1,5-8,11-12,31H2/t14-,15+,18?;;. The second-order valence-corrected chi connectivity index (χ2v) is 32.1. The highest BCUT2D eigenvalue weighted by Gasteiger charge is 2.44. The summed E-state index contributed by atoms with van der Waals surface area (Å²) in [5, 5.41) is -0.527. The molecule has 3 unspecified atom stereocenters. The summed E-state index contributed by atoms with van der Waals surface area (Å²) >= 11 is 15.0. The van der Waals surface area contributed by atoms with Crippen LogP contribution in [0.2, 0.25) is 10.0 Å². The highest BCUT2D eigenvalue weighted by Crippen LogP contribution is 2.53. The highest BCUT2D eigenvalue weighted by molar-refractivity contribution is 8.00. The van der Waals surface area contributed by atoms with Crippen LogP contribution in [0, 0.1) is 23.3 Å². The van der Waals surface area contributed by atoms with Gasteiger partial charge < -0.3 is 46.6 Å². The first-order chi connectivity index (χ1) is 54.8. The Hall–Kier alpha value is -9.63. The summed E-state index contributed by atoms with van der Waals surface area (Å²) in [4.78, 5) is 99.2. The molecule has 0 saturated carbocycles. The van der Waals surface area contributed by atoms with Crippen LogP contribution in [0.5, 0.6) is 0 Å². The van der Waals surface area contributed by atoms with Crippen molar-refractivity contribution in [3.63, 3.8) is 0 Å². The van der Waals surface area contributed by atoms with Gasteiger partial charge in [-0.15, -0.1) is 35.3 Å². The number of anilines is 3. The van der Waals surface area contributed by atoms with Crippen LogP contribution in [0.1, 0.15) is 30.5 Å². The van der Waals surface area contributed by atoms with Gasteiger partial charge in [0.25, 0.3) is 0 Å². The first kappa shape index (κ1) is 84.3. The molecule has 3 fully saturated rings. The Kier molecular flexibility index (Phi) is 24.0. The second-order valence-electron chi connectivity index (χ2n) is 28.2. The third kappa shape index (κ3) is 16.5. The van der Waals surface area contributed by atoms with Crippen molar-refractivity contribution in [1.29, 1.82) is 0 Å². The lowest BCUT2D eigenvalue weighted by Crippen LogP contribution is -2.58. The molecular formula is C77H70Cl2F13N15O6S3. The van der Waals surface area contributed by atoms with Crippen molar-refractivity contribution in [2.24, 2.45) is 17.2 Å². The van der Waals surface area contributed by atoms with Gasteiger partial charge in [-0.1, -0.05) is 61.1 Å². The molecule has 3 aromatic heterocycles. The number of carbonyl (C=O) groups is 3. The molecular weight excluding hydrogens is 1650 g/mol. The molecule has 21 nitrogen and oxygen atoms in total. The molecule has 15 rings (SSSR count). The first-order valence-corrected chi connectivity index (χ1v) is 39.6. The maximum Gasteiger partial charge on any atom is 0.417 e. The van der Waals surface area contributed by atoms with Gasteiger partial charge in [-0.3, -0.25) is 28.1 Å². The van der Waals surface area contributed by atoms with E-state index in [9.17, 15) is 81.5 Å². The zero-order valence-corrected chi connectivity index (χ0v) is 65.4. The van der Waals surface area contributed by atoms with E-state index < -0.39 is 110 Å². The van der Waals surface area contributed by atoms with Crippen LogP contribution in [0.25, 0.3) is 66.1 Å². The van der Waals surface area contributed by atoms with Crippen molar-refractivity contribution >= 4 is 126 Å². The molecule has 0 radical (unpaired) electrons. The molecule has 612 valence electrons.